The van der Waals surface area contributed by atoms with Crippen molar-refractivity contribution in [2.24, 2.45) is 4.99 Å². The molecule has 1 heterocycles. The highest BCUT2D eigenvalue weighted by molar-refractivity contribution is 14.0. The molecule has 31 heavy (non-hydrogen) atoms. The second-order valence-electron chi connectivity index (χ2n) is 9.27. The third kappa shape index (κ3) is 11.0. The number of guanidine groups is 1. The summed E-state index contributed by atoms with van der Waals surface area (Å²) in [5.74, 6) is 0.888. The van der Waals surface area contributed by atoms with Crippen LogP contribution in [0.1, 0.15) is 59.1 Å². The van der Waals surface area contributed by atoms with Gasteiger partial charge in [0.2, 0.25) is 0 Å². The van der Waals surface area contributed by atoms with Gasteiger partial charge in [-0.15, -0.1) is 24.0 Å². The highest BCUT2D eigenvalue weighted by Crippen LogP contribution is 2.16. The average Bonchev–Trinajstić information content (AvgIpc) is 2.72. The van der Waals surface area contributed by atoms with Crippen LogP contribution in [-0.2, 0) is 4.74 Å². The molecule has 0 aromatic heterocycles. The van der Waals surface area contributed by atoms with E-state index in [9.17, 15) is 0 Å². The van der Waals surface area contributed by atoms with Crippen molar-refractivity contribution in [1.82, 2.24) is 20.9 Å². The fourth-order valence-corrected chi connectivity index (χ4v) is 3.87. The summed E-state index contributed by atoms with van der Waals surface area (Å²) in [7, 11) is 1.85. The zero-order valence-corrected chi connectivity index (χ0v) is 22.6. The van der Waals surface area contributed by atoms with E-state index in [0.29, 0.717) is 18.2 Å². The Bertz CT molecular complexity index is 630. The summed E-state index contributed by atoms with van der Waals surface area (Å²) in [5, 5.41) is 10.9. The minimum absolute atomic E-state index is 0. The number of rotatable bonds is 10. The maximum atomic E-state index is 5.68. The van der Waals surface area contributed by atoms with Crippen molar-refractivity contribution < 1.29 is 4.74 Å². The lowest BCUT2D eigenvalue weighted by atomic mass is 10.0. The third-order valence-corrected chi connectivity index (χ3v) is 5.62. The van der Waals surface area contributed by atoms with Gasteiger partial charge >= 0.3 is 0 Å². The van der Waals surface area contributed by atoms with Gasteiger partial charge in [-0.2, -0.15) is 0 Å². The number of nitrogens with zero attached hydrogens (tertiary/aromatic N) is 2. The highest BCUT2D eigenvalue weighted by atomic mass is 127. The lowest BCUT2D eigenvalue weighted by Crippen LogP contribution is -2.54. The molecule has 3 N–H and O–H groups in total. The molecule has 1 aromatic rings. The summed E-state index contributed by atoms with van der Waals surface area (Å²) in [6, 6.07) is 11.3. The van der Waals surface area contributed by atoms with E-state index in [1.807, 2.05) is 7.05 Å². The second kappa shape index (κ2) is 14.3. The number of hydrogen-bond acceptors (Lipinski definition) is 4. The van der Waals surface area contributed by atoms with Crippen LogP contribution in [0.3, 0.4) is 0 Å². The van der Waals surface area contributed by atoms with E-state index in [-0.39, 0.29) is 29.5 Å². The Morgan fingerprint density at radius 1 is 1.16 bits per heavy atom. The molecule has 1 aromatic carbocycles. The number of benzene rings is 1. The Kier molecular flexibility index (Phi) is 13.0. The van der Waals surface area contributed by atoms with E-state index in [0.717, 1.165) is 51.6 Å². The lowest BCUT2D eigenvalue weighted by Gasteiger charge is -2.34. The van der Waals surface area contributed by atoms with E-state index in [1.54, 1.807) is 0 Å². The number of ether oxygens (including phenoxy) is 1. The summed E-state index contributed by atoms with van der Waals surface area (Å²) in [6.45, 7) is 15.7. The average molecular weight is 546 g/mol. The molecule has 0 bridgehead atoms. The van der Waals surface area contributed by atoms with E-state index in [1.165, 1.54) is 5.56 Å². The number of piperidine rings is 1. The van der Waals surface area contributed by atoms with Gasteiger partial charge in [-0.1, -0.05) is 30.3 Å². The Morgan fingerprint density at radius 3 is 2.39 bits per heavy atom. The Balaban J connectivity index is 0.00000480. The molecule has 6 nitrogen and oxygen atoms in total. The van der Waals surface area contributed by atoms with Crippen LogP contribution in [0.2, 0.25) is 0 Å². The largest absolute Gasteiger partial charge is 0.377 e. The van der Waals surface area contributed by atoms with E-state index < -0.39 is 0 Å². The molecule has 0 saturated carbocycles. The van der Waals surface area contributed by atoms with Crippen LogP contribution in [0.25, 0.3) is 0 Å². The number of aliphatic imine (C=N–C) groups is 1. The molecule has 0 amide bonds. The quantitative estimate of drug-likeness (QED) is 0.237. The summed E-state index contributed by atoms with van der Waals surface area (Å²) in [6.07, 6.45) is 2.58. The van der Waals surface area contributed by atoms with Crippen molar-refractivity contribution in [2.75, 3.05) is 39.8 Å². The molecule has 1 saturated heterocycles. The molecule has 0 radical (unpaired) electrons. The normalized spacial score (nSPS) is 17.3. The minimum atomic E-state index is -0.0628. The standard InChI is InChI=1S/C24H43N5O.HI/c1-19(2)30-17-16-29-14-12-22(13-15-29)27-23(25-6)26-18-24(4,5)28-20(3)21-10-8-7-9-11-21;/h7-11,19-20,22,28H,12-18H2,1-6H3,(H2,25,26,27);1H. The molecule has 178 valence electrons. The highest BCUT2D eigenvalue weighted by Gasteiger charge is 2.23. The van der Waals surface area contributed by atoms with Gasteiger partial charge in [0.15, 0.2) is 5.96 Å². The second-order valence-corrected chi connectivity index (χ2v) is 9.27. The molecule has 1 unspecified atom stereocenters. The van der Waals surface area contributed by atoms with Gasteiger partial charge in [-0.25, -0.2) is 0 Å². The summed E-state index contributed by atoms with van der Waals surface area (Å²) in [4.78, 5) is 6.94. The predicted octanol–water partition coefficient (Wildman–Crippen LogP) is 3.79. The maximum Gasteiger partial charge on any atom is 0.191 e. The van der Waals surface area contributed by atoms with Crippen LogP contribution >= 0.6 is 24.0 Å². The first-order valence-electron chi connectivity index (χ1n) is 11.4. The van der Waals surface area contributed by atoms with Crippen molar-refractivity contribution >= 4 is 29.9 Å². The third-order valence-electron chi connectivity index (χ3n) is 5.62. The van der Waals surface area contributed by atoms with Crippen LogP contribution in [0, 0.1) is 0 Å². The number of hydrogen-bond donors (Lipinski definition) is 3. The van der Waals surface area contributed by atoms with Crippen LogP contribution in [0.5, 0.6) is 0 Å². The molecule has 0 spiro atoms. The Morgan fingerprint density at radius 2 is 1.81 bits per heavy atom. The summed E-state index contributed by atoms with van der Waals surface area (Å²) in [5.41, 5.74) is 1.24. The van der Waals surface area contributed by atoms with E-state index in [4.69, 9.17) is 4.74 Å². The Labute approximate surface area is 207 Å². The molecule has 1 aliphatic heterocycles. The van der Waals surface area contributed by atoms with Crippen LogP contribution in [-0.4, -0.2) is 68.4 Å². The maximum absolute atomic E-state index is 5.68. The molecular weight excluding hydrogens is 501 g/mol. The minimum Gasteiger partial charge on any atom is -0.377 e. The van der Waals surface area contributed by atoms with Crippen molar-refractivity contribution in [3.8, 4) is 0 Å². The van der Waals surface area contributed by atoms with Crippen molar-refractivity contribution in [2.45, 2.75) is 71.2 Å². The number of likely N-dealkylation sites (tertiary alicyclic amines) is 1. The zero-order chi connectivity index (χ0) is 22.0. The topological polar surface area (TPSA) is 60.9 Å². The van der Waals surface area contributed by atoms with Crippen LogP contribution < -0.4 is 16.0 Å². The molecule has 1 atom stereocenters. The van der Waals surface area contributed by atoms with Gasteiger partial charge in [0, 0.05) is 50.8 Å². The smallest absolute Gasteiger partial charge is 0.191 e. The monoisotopic (exact) mass is 545 g/mol. The Hall–Kier alpha value is -0.900. The molecular formula is C24H44IN5O. The van der Waals surface area contributed by atoms with Crippen molar-refractivity contribution in [1.29, 1.82) is 0 Å². The predicted molar refractivity (Wildman–Crippen MR) is 143 cm³/mol. The van der Waals surface area contributed by atoms with Gasteiger partial charge in [-0.3, -0.25) is 4.99 Å². The lowest BCUT2D eigenvalue weighted by molar-refractivity contribution is 0.0532. The fourth-order valence-electron chi connectivity index (χ4n) is 3.87. The summed E-state index contributed by atoms with van der Waals surface area (Å²) >= 11 is 0. The van der Waals surface area contributed by atoms with Crippen molar-refractivity contribution in [3.05, 3.63) is 35.9 Å². The van der Waals surface area contributed by atoms with Gasteiger partial charge in [-0.05, 0) is 53.0 Å². The molecule has 7 heteroatoms. The van der Waals surface area contributed by atoms with E-state index >= 15 is 0 Å². The SMILES string of the molecule is CN=C(NCC(C)(C)NC(C)c1ccccc1)NC1CCN(CCOC(C)C)CC1.I. The van der Waals surface area contributed by atoms with Crippen LogP contribution in [0.15, 0.2) is 35.3 Å². The fraction of sp³-hybridized carbons (Fsp3) is 0.708. The molecule has 0 aliphatic carbocycles. The van der Waals surface area contributed by atoms with Gasteiger partial charge in [0.25, 0.3) is 0 Å². The summed E-state index contributed by atoms with van der Waals surface area (Å²) < 4.78 is 5.68. The van der Waals surface area contributed by atoms with E-state index in [2.05, 4.69) is 90.8 Å². The molecule has 1 fully saturated rings. The van der Waals surface area contributed by atoms with Crippen LogP contribution in [0.4, 0.5) is 0 Å². The van der Waals surface area contributed by atoms with Gasteiger partial charge < -0.3 is 25.6 Å². The van der Waals surface area contributed by atoms with Gasteiger partial charge in [0.05, 0.1) is 12.7 Å². The first-order valence-corrected chi connectivity index (χ1v) is 11.4. The first-order chi connectivity index (χ1) is 14.3. The zero-order valence-electron chi connectivity index (χ0n) is 20.3. The van der Waals surface area contributed by atoms with Gasteiger partial charge in [0.1, 0.15) is 0 Å². The molecule has 2 rings (SSSR count). The molecule has 1 aliphatic rings. The number of nitrogens with one attached hydrogen (secondary N) is 3. The first kappa shape index (κ1) is 28.1. The number of halogens is 1. The van der Waals surface area contributed by atoms with Crippen molar-refractivity contribution in [3.63, 3.8) is 0 Å².